The summed E-state index contributed by atoms with van der Waals surface area (Å²) in [5.74, 6) is 0.572. The molecule has 0 aromatic rings. The van der Waals surface area contributed by atoms with Gasteiger partial charge in [0, 0.05) is 18.8 Å². The highest BCUT2D eigenvalue weighted by Gasteiger charge is 2.15. The van der Waals surface area contributed by atoms with E-state index in [0.29, 0.717) is 25.7 Å². The molecule has 3 N–H and O–H groups in total. The highest BCUT2D eigenvalue weighted by molar-refractivity contribution is 4.76. The Labute approximate surface area is 99.1 Å². The van der Waals surface area contributed by atoms with E-state index in [1.165, 1.54) is 0 Å². The first-order chi connectivity index (χ1) is 7.48. The van der Waals surface area contributed by atoms with Crippen LogP contribution >= 0.6 is 0 Å². The van der Waals surface area contributed by atoms with Crippen LogP contribution < -0.4 is 5.73 Å². The van der Waals surface area contributed by atoms with Crippen LogP contribution in [0.4, 0.5) is 0 Å². The van der Waals surface area contributed by atoms with E-state index >= 15 is 0 Å². The molecule has 98 valence electrons. The van der Waals surface area contributed by atoms with Crippen molar-refractivity contribution in [2.24, 2.45) is 11.7 Å². The molecule has 0 spiro atoms. The molecule has 0 rings (SSSR count). The lowest BCUT2D eigenvalue weighted by atomic mass is 9.99. The van der Waals surface area contributed by atoms with Crippen molar-refractivity contribution in [2.45, 2.75) is 39.2 Å². The van der Waals surface area contributed by atoms with Crippen molar-refractivity contribution in [3.8, 4) is 0 Å². The van der Waals surface area contributed by atoms with E-state index in [1.54, 1.807) is 0 Å². The molecule has 0 amide bonds. The summed E-state index contributed by atoms with van der Waals surface area (Å²) in [4.78, 5) is 0. The minimum absolute atomic E-state index is 0.0184. The van der Waals surface area contributed by atoms with E-state index in [9.17, 15) is 0 Å². The maximum Gasteiger partial charge on any atom is 0.0700 e. The Balaban J connectivity index is 3.16. The second-order valence-electron chi connectivity index (χ2n) is 5.00. The third-order valence-electron chi connectivity index (χ3n) is 2.22. The maximum absolute atomic E-state index is 8.93. The largest absolute Gasteiger partial charge is 0.394 e. The second-order valence-corrected chi connectivity index (χ2v) is 5.00. The number of hydrogen-bond acceptors (Lipinski definition) is 4. The first-order valence-corrected chi connectivity index (χ1v) is 6.03. The van der Waals surface area contributed by atoms with Gasteiger partial charge in [0.05, 0.1) is 19.8 Å². The molecule has 0 aliphatic heterocycles. The summed E-state index contributed by atoms with van der Waals surface area (Å²) in [5.41, 5.74) is 5.31. The first-order valence-electron chi connectivity index (χ1n) is 6.03. The van der Waals surface area contributed by atoms with Gasteiger partial charge >= 0.3 is 0 Å². The number of aliphatic hydroxyl groups excluding tert-OH is 1. The molecular formula is C12H27NO3. The van der Waals surface area contributed by atoms with Crippen LogP contribution in [0.2, 0.25) is 0 Å². The van der Waals surface area contributed by atoms with Gasteiger partial charge in [0.1, 0.15) is 0 Å². The Morgan fingerprint density at radius 1 is 1.19 bits per heavy atom. The van der Waals surface area contributed by atoms with E-state index < -0.39 is 5.54 Å². The van der Waals surface area contributed by atoms with Gasteiger partial charge in [-0.2, -0.15) is 0 Å². The van der Waals surface area contributed by atoms with Gasteiger partial charge in [-0.05, 0) is 25.7 Å². The molecule has 0 bridgehead atoms. The predicted molar refractivity (Wildman–Crippen MR) is 65.4 cm³/mol. The van der Waals surface area contributed by atoms with Crippen LogP contribution in [-0.2, 0) is 9.47 Å². The molecule has 4 heteroatoms. The minimum Gasteiger partial charge on any atom is -0.394 e. The average Bonchev–Trinajstić information content (AvgIpc) is 2.21. The van der Waals surface area contributed by atoms with Gasteiger partial charge in [-0.1, -0.05) is 13.8 Å². The number of nitrogens with two attached hydrogens (primary N) is 1. The van der Waals surface area contributed by atoms with Crippen LogP contribution in [0, 0.1) is 5.92 Å². The molecule has 4 nitrogen and oxygen atoms in total. The fraction of sp³-hybridized carbons (Fsp3) is 1.00. The Morgan fingerprint density at radius 3 is 2.38 bits per heavy atom. The number of rotatable bonds is 10. The molecule has 0 aromatic heterocycles. The van der Waals surface area contributed by atoms with Gasteiger partial charge in [-0.15, -0.1) is 0 Å². The summed E-state index contributed by atoms with van der Waals surface area (Å²) in [7, 11) is 0. The van der Waals surface area contributed by atoms with E-state index in [-0.39, 0.29) is 6.61 Å². The van der Waals surface area contributed by atoms with Crippen molar-refractivity contribution in [1.29, 1.82) is 0 Å². The van der Waals surface area contributed by atoms with Crippen LogP contribution in [0.3, 0.4) is 0 Å². The first kappa shape index (κ1) is 15.8. The fourth-order valence-electron chi connectivity index (χ4n) is 1.20. The number of ether oxygens (including phenoxy) is 2. The van der Waals surface area contributed by atoms with Crippen LogP contribution in [-0.4, -0.2) is 43.7 Å². The Morgan fingerprint density at radius 2 is 1.81 bits per heavy atom. The third-order valence-corrected chi connectivity index (χ3v) is 2.22. The Kier molecular flexibility index (Phi) is 8.84. The third kappa shape index (κ3) is 10.4. The fourth-order valence-corrected chi connectivity index (χ4v) is 1.20. The summed E-state index contributed by atoms with van der Waals surface area (Å²) >= 11 is 0. The van der Waals surface area contributed by atoms with Crippen molar-refractivity contribution in [1.82, 2.24) is 0 Å². The summed E-state index contributed by atoms with van der Waals surface area (Å²) in [6.07, 6.45) is 1.65. The lowest BCUT2D eigenvalue weighted by Crippen LogP contribution is -2.40. The zero-order chi connectivity index (χ0) is 12.4. The van der Waals surface area contributed by atoms with Gasteiger partial charge in [-0.25, -0.2) is 0 Å². The number of aliphatic hydroxyl groups is 1. The van der Waals surface area contributed by atoms with E-state index in [4.69, 9.17) is 20.3 Å². The lowest BCUT2D eigenvalue weighted by Gasteiger charge is -2.21. The molecule has 0 fully saturated rings. The molecule has 0 aliphatic carbocycles. The molecule has 1 unspecified atom stereocenters. The van der Waals surface area contributed by atoms with E-state index in [2.05, 4.69) is 13.8 Å². The SMILES string of the molecule is CC(C)COCCOCCCC(C)(N)CO. The highest BCUT2D eigenvalue weighted by atomic mass is 16.5. The predicted octanol–water partition coefficient (Wildman–Crippen LogP) is 1.17. The van der Waals surface area contributed by atoms with Crippen molar-refractivity contribution < 1.29 is 14.6 Å². The monoisotopic (exact) mass is 233 g/mol. The molecule has 16 heavy (non-hydrogen) atoms. The van der Waals surface area contributed by atoms with Crippen LogP contribution in [0.1, 0.15) is 33.6 Å². The van der Waals surface area contributed by atoms with Gasteiger partial charge < -0.3 is 20.3 Å². The molecule has 0 radical (unpaired) electrons. The zero-order valence-corrected chi connectivity index (χ0v) is 10.9. The van der Waals surface area contributed by atoms with Gasteiger partial charge in [0.25, 0.3) is 0 Å². The van der Waals surface area contributed by atoms with Crippen LogP contribution in [0.5, 0.6) is 0 Å². The van der Waals surface area contributed by atoms with Crippen molar-refractivity contribution in [3.05, 3.63) is 0 Å². The van der Waals surface area contributed by atoms with Crippen molar-refractivity contribution in [2.75, 3.05) is 33.0 Å². The van der Waals surface area contributed by atoms with E-state index in [1.807, 2.05) is 6.92 Å². The maximum atomic E-state index is 8.93. The highest BCUT2D eigenvalue weighted by Crippen LogP contribution is 2.07. The summed E-state index contributed by atoms with van der Waals surface area (Å²) in [6, 6.07) is 0. The van der Waals surface area contributed by atoms with Crippen LogP contribution in [0.25, 0.3) is 0 Å². The summed E-state index contributed by atoms with van der Waals surface area (Å²) in [6.45, 7) is 8.86. The van der Waals surface area contributed by atoms with Crippen LogP contribution in [0.15, 0.2) is 0 Å². The normalized spacial score (nSPS) is 15.4. The molecule has 1 atom stereocenters. The summed E-state index contributed by atoms with van der Waals surface area (Å²) in [5, 5.41) is 8.93. The molecule has 0 aliphatic rings. The summed E-state index contributed by atoms with van der Waals surface area (Å²) < 4.78 is 10.8. The zero-order valence-electron chi connectivity index (χ0n) is 10.9. The Hall–Kier alpha value is -0.160. The van der Waals surface area contributed by atoms with Gasteiger partial charge in [0.2, 0.25) is 0 Å². The quantitative estimate of drug-likeness (QED) is 0.556. The molecule has 0 saturated heterocycles. The average molecular weight is 233 g/mol. The standard InChI is InChI=1S/C12H27NO3/c1-11(2)9-16-8-7-15-6-4-5-12(3,13)10-14/h11,14H,4-10,13H2,1-3H3. The van der Waals surface area contributed by atoms with Crippen molar-refractivity contribution in [3.63, 3.8) is 0 Å². The molecular weight excluding hydrogens is 206 g/mol. The molecule has 0 saturated carbocycles. The lowest BCUT2D eigenvalue weighted by molar-refractivity contribution is 0.0347. The van der Waals surface area contributed by atoms with Crippen molar-refractivity contribution >= 4 is 0 Å². The number of hydrogen-bond donors (Lipinski definition) is 2. The second kappa shape index (κ2) is 8.93. The molecule has 0 heterocycles. The minimum atomic E-state index is -0.475. The molecule has 0 aromatic carbocycles. The van der Waals surface area contributed by atoms with Gasteiger partial charge in [-0.3, -0.25) is 0 Å². The Bertz CT molecular complexity index is 160. The van der Waals surface area contributed by atoms with E-state index in [0.717, 1.165) is 19.4 Å². The smallest absolute Gasteiger partial charge is 0.0700 e. The van der Waals surface area contributed by atoms with Gasteiger partial charge in [0.15, 0.2) is 0 Å². The topological polar surface area (TPSA) is 64.7 Å².